The molecule has 1 aromatic rings. The third-order valence-electron chi connectivity index (χ3n) is 3.16. The van der Waals surface area contributed by atoms with Gasteiger partial charge >= 0.3 is 0 Å². The van der Waals surface area contributed by atoms with Gasteiger partial charge in [-0.3, -0.25) is 0 Å². The molecule has 106 valence electrons. The van der Waals surface area contributed by atoms with E-state index in [4.69, 9.17) is 15.2 Å². The maximum absolute atomic E-state index is 6.11. The molecule has 0 aromatic carbocycles. The minimum atomic E-state index is 0.239. The lowest BCUT2D eigenvalue weighted by Gasteiger charge is -2.33. The number of rotatable bonds is 5. The third-order valence-corrected chi connectivity index (χ3v) is 3.16. The first kappa shape index (κ1) is 13.9. The largest absolute Gasteiger partial charge is 0.476 e. The van der Waals surface area contributed by atoms with Crippen molar-refractivity contribution in [1.29, 1.82) is 0 Å². The predicted octanol–water partition coefficient (Wildman–Crippen LogP) is 1.46. The van der Waals surface area contributed by atoms with Crippen LogP contribution in [0, 0.1) is 0 Å². The van der Waals surface area contributed by atoms with Crippen LogP contribution in [0.2, 0.25) is 0 Å². The molecule has 1 aliphatic heterocycles. The van der Waals surface area contributed by atoms with Gasteiger partial charge in [0.2, 0.25) is 5.88 Å². The Morgan fingerprint density at radius 2 is 2.32 bits per heavy atom. The molecule has 1 aliphatic rings. The lowest BCUT2D eigenvalue weighted by Crippen LogP contribution is -2.43. The van der Waals surface area contributed by atoms with E-state index in [0.29, 0.717) is 24.8 Å². The van der Waals surface area contributed by atoms with Gasteiger partial charge in [0, 0.05) is 13.1 Å². The first-order valence-corrected chi connectivity index (χ1v) is 6.86. The van der Waals surface area contributed by atoms with Crippen LogP contribution in [-0.2, 0) is 4.74 Å². The summed E-state index contributed by atoms with van der Waals surface area (Å²) in [4.78, 5) is 10.5. The molecule has 1 unspecified atom stereocenters. The van der Waals surface area contributed by atoms with E-state index < -0.39 is 0 Å². The molecule has 2 N–H and O–H groups in total. The van der Waals surface area contributed by atoms with E-state index in [1.807, 2.05) is 6.92 Å². The van der Waals surface area contributed by atoms with Crippen LogP contribution < -0.4 is 15.4 Å². The topological polar surface area (TPSA) is 73.5 Å². The SMILES string of the molecule is CCCOc1ncnc(N2CCOC(CC)C2)c1N. The Hall–Kier alpha value is -1.56. The zero-order valence-electron chi connectivity index (χ0n) is 11.6. The van der Waals surface area contributed by atoms with Gasteiger partial charge in [0.05, 0.1) is 19.3 Å². The molecule has 0 bridgehead atoms. The number of hydrogen-bond acceptors (Lipinski definition) is 6. The van der Waals surface area contributed by atoms with Crippen LogP contribution in [0.4, 0.5) is 11.5 Å². The van der Waals surface area contributed by atoms with E-state index in [1.165, 1.54) is 6.33 Å². The Labute approximate surface area is 113 Å². The molecule has 19 heavy (non-hydrogen) atoms. The van der Waals surface area contributed by atoms with Crippen LogP contribution in [0.25, 0.3) is 0 Å². The van der Waals surface area contributed by atoms with Gasteiger partial charge in [0.25, 0.3) is 0 Å². The van der Waals surface area contributed by atoms with Gasteiger partial charge in [-0.2, -0.15) is 4.98 Å². The lowest BCUT2D eigenvalue weighted by molar-refractivity contribution is 0.0382. The number of nitrogens with zero attached hydrogens (tertiary/aromatic N) is 3. The average Bonchev–Trinajstić information content (AvgIpc) is 2.46. The number of nitrogen functional groups attached to an aromatic ring is 1. The normalized spacial score (nSPS) is 19.5. The third kappa shape index (κ3) is 3.26. The summed E-state index contributed by atoms with van der Waals surface area (Å²) >= 11 is 0. The van der Waals surface area contributed by atoms with Crippen molar-refractivity contribution in [3.8, 4) is 5.88 Å². The highest BCUT2D eigenvalue weighted by molar-refractivity contribution is 5.67. The first-order valence-electron chi connectivity index (χ1n) is 6.86. The summed E-state index contributed by atoms with van der Waals surface area (Å²) in [6.07, 6.45) is 3.66. The van der Waals surface area contributed by atoms with E-state index in [1.54, 1.807) is 0 Å². The molecular formula is C13H22N4O2. The van der Waals surface area contributed by atoms with Crippen LogP contribution in [0.15, 0.2) is 6.33 Å². The van der Waals surface area contributed by atoms with Gasteiger partial charge in [-0.1, -0.05) is 13.8 Å². The Morgan fingerprint density at radius 3 is 3.05 bits per heavy atom. The molecule has 2 heterocycles. The van der Waals surface area contributed by atoms with Gasteiger partial charge in [-0.05, 0) is 12.8 Å². The Kier molecular flexibility index (Phi) is 4.79. The van der Waals surface area contributed by atoms with E-state index in [9.17, 15) is 0 Å². The van der Waals surface area contributed by atoms with E-state index in [2.05, 4.69) is 21.8 Å². The molecule has 1 saturated heterocycles. The summed E-state index contributed by atoms with van der Waals surface area (Å²) in [7, 11) is 0. The molecule has 6 heteroatoms. The molecule has 0 aliphatic carbocycles. The lowest BCUT2D eigenvalue weighted by atomic mass is 10.2. The Bertz CT molecular complexity index is 414. The highest BCUT2D eigenvalue weighted by Crippen LogP contribution is 2.29. The van der Waals surface area contributed by atoms with Crippen molar-refractivity contribution < 1.29 is 9.47 Å². The molecule has 0 radical (unpaired) electrons. The van der Waals surface area contributed by atoms with Crippen molar-refractivity contribution in [2.75, 3.05) is 36.9 Å². The number of nitrogens with two attached hydrogens (primary N) is 1. The smallest absolute Gasteiger partial charge is 0.242 e. The number of ether oxygens (including phenoxy) is 2. The Morgan fingerprint density at radius 1 is 1.47 bits per heavy atom. The monoisotopic (exact) mass is 266 g/mol. The van der Waals surface area contributed by atoms with Crippen molar-refractivity contribution in [2.24, 2.45) is 0 Å². The standard InChI is InChI=1S/C13H22N4O2/c1-3-6-19-13-11(14)12(15-9-16-13)17-5-7-18-10(4-2)8-17/h9-10H,3-8,14H2,1-2H3. The minimum Gasteiger partial charge on any atom is -0.476 e. The second-order valence-corrected chi connectivity index (χ2v) is 4.61. The maximum atomic E-state index is 6.11. The highest BCUT2D eigenvalue weighted by Gasteiger charge is 2.23. The molecule has 2 rings (SSSR count). The number of morpholine rings is 1. The summed E-state index contributed by atoms with van der Waals surface area (Å²) in [5.41, 5.74) is 6.63. The van der Waals surface area contributed by atoms with Crippen LogP contribution in [0.1, 0.15) is 26.7 Å². The van der Waals surface area contributed by atoms with Gasteiger partial charge in [-0.15, -0.1) is 0 Å². The maximum Gasteiger partial charge on any atom is 0.242 e. The van der Waals surface area contributed by atoms with Crippen LogP contribution >= 0.6 is 0 Å². The van der Waals surface area contributed by atoms with Crippen molar-refractivity contribution in [1.82, 2.24) is 9.97 Å². The molecule has 6 nitrogen and oxygen atoms in total. The molecule has 1 atom stereocenters. The summed E-state index contributed by atoms with van der Waals surface area (Å²) in [5, 5.41) is 0. The van der Waals surface area contributed by atoms with Gasteiger partial charge < -0.3 is 20.1 Å². The molecule has 0 spiro atoms. The molecule has 1 aromatic heterocycles. The highest BCUT2D eigenvalue weighted by atomic mass is 16.5. The van der Waals surface area contributed by atoms with E-state index in [0.717, 1.165) is 31.7 Å². The fraction of sp³-hybridized carbons (Fsp3) is 0.692. The van der Waals surface area contributed by atoms with Crippen LogP contribution in [0.3, 0.4) is 0 Å². The van der Waals surface area contributed by atoms with Crippen molar-refractivity contribution in [3.63, 3.8) is 0 Å². The fourth-order valence-electron chi connectivity index (χ4n) is 2.10. The van der Waals surface area contributed by atoms with Crippen LogP contribution in [-0.4, -0.2) is 42.4 Å². The predicted molar refractivity (Wildman–Crippen MR) is 74.5 cm³/mol. The zero-order valence-corrected chi connectivity index (χ0v) is 11.6. The van der Waals surface area contributed by atoms with Crippen molar-refractivity contribution in [2.45, 2.75) is 32.8 Å². The summed E-state index contributed by atoms with van der Waals surface area (Å²) < 4.78 is 11.2. The molecule has 1 fully saturated rings. The first-order chi connectivity index (χ1) is 9.26. The zero-order chi connectivity index (χ0) is 13.7. The number of hydrogen-bond donors (Lipinski definition) is 1. The fourth-order valence-corrected chi connectivity index (χ4v) is 2.10. The second kappa shape index (κ2) is 6.56. The number of anilines is 2. The van der Waals surface area contributed by atoms with Crippen molar-refractivity contribution in [3.05, 3.63) is 6.33 Å². The number of aromatic nitrogens is 2. The quantitative estimate of drug-likeness (QED) is 0.870. The molecule has 0 saturated carbocycles. The van der Waals surface area contributed by atoms with Gasteiger partial charge in [0.15, 0.2) is 5.82 Å². The summed E-state index contributed by atoms with van der Waals surface area (Å²) in [6, 6.07) is 0. The van der Waals surface area contributed by atoms with Gasteiger partial charge in [-0.25, -0.2) is 4.98 Å². The minimum absolute atomic E-state index is 0.239. The molecule has 0 amide bonds. The molecular weight excluding hydrogens is 244 g/mol. The summed E-state index contributed by atoms with van der Waals surface area (Å²) in [5.74, 6) is 1.23. The average molecular weight is 266 g/mol. The van der Waals surface area contributed by atoms with E-state index in [-0.39, 0.29) is 6.10 Å². The van der Waals surface area contributed by atoms with Crippen molar-refractivity contribution >= 4 is 11.5 Å². The Balaban J connectivity index is 2.14. The summed E-state index contributed by atoms with van der Waals surface area (Å²) in [6.45, 7) is 7.09. The van der Waals surface area contributed by atoms with Gasteiger partial charge in [0.1, 0.15) is 12.0 Å². The van der Waals surface area contributed by atoms with E-state index >= 15 is 0 Å². The van der Waals surface area contributed by atoms with Crippen LogP contribution in [0.5, 0.6) is 5.88 Å². The second-order valence-electron chi connectivity index (χ2n) is 4.61.